The lowest BCUT2D eigenvalue weighted by Crippen LogP contribution is -2.30. The Labute approximate surface area is 161 Å². The molecule has 1 aromatic carbocycles. The Bertz CT molecular complexity index is 968. The van der Waals surface area contributed by atoms with E-state index in [0.717, 1.165) is 4.68 Å². The molecule has 1 heterocycles. The number of sulfonamides is 1. The summed E-state index contributed by atoms with van der Waals surface area (Å²) in [6.07, 6.45) is 1.18. The first-order chi connectivity index (χ1) is 12.2. The van der Waals surface area contributed by atoms with E-state index in [4.69, 9.17) is 23.2 Å². The van der Waals surface area contributed by atoms with Crippen LogP contribution in [0.15, 0.2) is 40.2 Å². The van der Waals surface area contributed by atoms with Gasteiger partial charge in [-0.05, 0) is 24.3 Å². The maximum atomic E-state index is 12.4. The third kappa shape index (κ3) is 4.15. The van der Waals surface area contributed by atoms with Gasteiger partial charge in [0.1, 0.15) is 11.6 Å². The van der Waals surface area contributed by atoms with Crippen molar-refractivity contribution in [1.82, 2.24) is 14.1 Å². The van der Waals surface area contributed by atoms with E-state index < -0.39 is 21.4 Å². The number of hydrogen-bond donors (Lipinski definition) is 0. The zero-order chi connectivity index (χ0) is 19.5. The maximum absolute atomic E-state index is 12.4. The van der Waals surface area contributed by atoms with Gasteiger partial charge in [-0.1, -0.05) is 37.0 Å². The Balaban J connectivity index is 2.25. The van der Waals surface area contributed by atoms with Crippen LogP contribution in [0.4, 0.5) is 0 Å². The molecule has 0 saturated heterocycles. The van der Waals surface area contributed by atoms with Crippen LogP contribution in [-0.2, 0) is 16.6 Å². The van der Waals surface area contributed by atoms with Gasteiger partial charge in [-0.3, -0.25) is 9.59 Å². The van der Waals surface area contributed by atoms with Crippen molar-refractivity contribution in [3.8, 4) is 0 Å². The van der Waals surface area contributed by atoms with Gasteiger partial charge >= 0.3 is 0 Å². The molecule has 26 heavy (non-hydrogen) atoms. The van der Waals surface area contributed by atoms with Crippen LogP contribution in [0, 0.1) is 0 Å². The Hall–Kier alpha value is -1.74. The summed E-state index contributed by atoms with van der Waals surface area (Å²) in [5.41, 5.74) is -0.420. The molecule has 0 aliphatic heterocycles. The van der Waals surface area contributed by atoms with Gasteiger partial charge in [0.05, 0.1) is 16.1 Å². The third-order valence-electron chi connectivity index (χ3n) is 3.76. The zero-order valence-electron chi connectivity index (χ0n) is 14.1. The van der Waals surface area contributed by atoms with Crippen LogP contribution in [0.5, 0.6) is 0 Å². The molecule has 2 rings (SSSR count). The van der Waals surface area contributed by atoms with Gasteiger partial charge in [0.25, 0.3) is 5.56 Å². The standard InChI is InChI=1S/C16H17Cl2N3O4S/c1-3-20(4-2)26(24,25)12-7-5-11(6-8-12)14(22)10-21-16(23)15(18)13(17)9-19-21/h5-9H,3-4,10H2,1-2H3. The molecule has 0 radical (unpaired) electrons. The lowest BCUT2D eigenvalue weighted by atomic mass is 10.1. The first-order valence-electron chi connectivity index (χ1n) is 7.76. The summed E-state index contributed by atoms with van der Waals surface area (Å²) < 4.78 is 27.1. The van der Waals surface area contributed by atoms with Crippen LogP contribution >= 0.6 is 23.2 Å². The summed E-state index contributed by atoms with van der Waals surface area (Å²) in [7, 11) is -3.60. The molecule has 0 fully saturated rings. The molecule has 0 bridgehead atoms. The number of hydrogen-bond acceptors (Lipinski definition) is 5. The summed E-state index contributed by atoms with van der Waals surface area (Å²) in [4.78, 5) is 24.4. The summed E-state index contributed by atoms with van der Waals surface area (Å²) in [6, 6.07) is 5.54. The number of ketones is 1. The molecular weight excluding hydrogens is 401 g/mol. The highest BCUT2D eigenvalue weighted by atomic mass is 35.5. The topological polar surface area (TPSA) is 89.3 Å². The lowest BCUT2D eigenvalue weighted by molar-refractivity contribution is 0.0965. The number of benzene rings is 1. The molecule has 0 unspecified atom stereocenters. The van der Waals surface area contributed by atoms with Gasteiger partial charge in [-0.15, -0.1) is 0 Å². The highest BCUT2D eigenvalue weighted by Crippen LogP contribution is 2.17. The maximum Gasteiger partial charge on any atom is 0.287 e. The predicted octanol–water partition coefficient (Wildman–Crippen LogP) is 2.46. The lowest BCUT2D eigenvalue weighted by Gasteiger charge is -2.18. The second-order valence-electron chi connectivity index (χ2n) is 5.31. The number of rotatable bonds is 7. The average Bonchev–Trinajstić information content (AvgIpc) is 2.63. The largest absolute Gasteiger partial charge is 0.292 e. The summed E-state index contributed by atoms with van der Waals surface area (Å²) in [5.74, 6) is -0.412. The molecule has 0 saturated carbocycles. The quantitative estimate of drug-likeness (QED) is 0.645. The third-order valence-corrected chi connectivity index (χ3v) is 6.57. The molecular formula is C16H17Cl2N3O4S. The highest BCUT2D eigenvalue weighted by Gasteiger charge is 2.22. The van der Waals surface area contributed by atoms with E-state index >= 15 is 0 Å². The van der Waals surface area contributed by atoms with Gasteiger partial charge in [0.15, 0.2) is 5.78 Å². The van der Waals surface area contributed by atoms with Crippen molar-refractivity contribution in [2.45, 2.75) is 25.3 Å². The molecule has 2 aromatic rings. The fourth-order valence-electron chi connectivity index (χ4n) is 2.31. The molecule has 0 N–H and O–H groups in total. The number of Topliss-reactive ketones (excluding diaryl/α,β-unsaturated/α-hetero) is 1. The van der Waals surface area contributed by atoms with Crippen molar-refractivity contribution in [2.75, 3.05) is 13.1 Å². The molecule has 10 heteroatoms. The van der Waals surface area contributed by atoms with E-state index in [0.29, 0.717) is 13.1 Å². The summed E-state index contributed by atoms with van der Waals surface area (Å²) in [6.45, 7) is 3.87. The van der Waals surface area contributed by atoms with E-state index in [9.17, 15) is 18.0 Å². The number of carbonyl (C=O) groups is 1. The van der Waals surface area contributed by atoms with Crippen molar-refractivity contribution in [3.05, 3.63) is 56.4 Å². The number of aromatic nitrogens is 2. The molecule has 0 aliphatic carbocycles. The van der Waals surface area contributed by atoms with Crippen LogP contribution in [0.1, 0.15) is 24.2 Å². The second kappa shape index (κ2) is 8.30. The van der Waals surface area contributed by atoms with Gasteiger partial charge in [-0.25, -0.2) is 13.1 Å². The van der Waals surface area contributed by atoms with Crippen LogP contribution in [0.2, 0.25) is 10.0 Å². The first kappa shape index (κ1) is 20.6. The monoisotopic (exact) mass is 417 g/mol. The summed E-state index contributed by atoms with van der Waals surface area (Å²) in [5, 5.41) is 3.56. The van der Waals surface area contributed by atoms with Crippen LogP contribution < -0.4 is 5.56 Å². The molecule has 0 aliphatic rings. The number of nitrogens with zero attached hydrogens (tertiary/aromatic N) is 3. The minimum atomic E-state index is -3.60. The normalized spacial score (nSPS) is 11.7. The molecule has 140 valence electrons. The SMILES string of the molecule is CCN(CC)S(=O)(=O)c1ccc(C(=O)Cn2ncc(Cl)c(Cl)c2=O)cc1. The van der Waals surface area contributed by atoms with Crippen molar-refractivity contribution in [1.29, 1.82) is 0 Å². The van der Waals surface area contributed by atoms with Crippen molar-refractivity contribution in [3.63, 3.8) is 0 Å². The fourth-order valence-corrected chi connectivity index (χ4v) is 4.04. The van der Waals surface area contributed by atoms with Crippen LogP contribution in [0.3, 0.4) is 0 Å². The van der Waals surface area contributed by atoms with E-state index in [1.54, 1.807) is 13.8 Å². The predicted molar refractivity (Wildman–Crippen MR) is 99.4 cm³/mol. The van der Waals surface area contributed by atoms with E-state index in [2.05, 4.69) is 5.10 Å². The first-order valence-corrected chi connectivity index (χ1v) is 9.96. The van der Waals surface area contributed by atoms with Crippen LogP contribution in [0.25, 0.3) is 0 Å². The van der Waals surface area contributed by atoms with Crippen molar-refractivity contribution < 1.29 is 13.2 Å². The van der Waals surface area contributed by atoms with Gasteiger partial charge < -0.3 is 0 Å². The van der Waals surface area contributed by atoms with Gasteiger partial charge in [-0.2, -0.15) is 9.40 Å². The Morgan fingerprint density at radius 3 is 2.27 bits per heavy atom. The van der Waals surface area contributed by atoms with Gasteiger partial charge in [0, 0.05) is 18.7 Å². The van der Waals surface area contributed by atoms with E-state index in [-0.39, 0.29) is 27.0 Å². The van der Waals surface area contributed by atoms with E-state index in [1.807, 2.05) is 0 Å². The smallest absolute Gasteiger partial charge is 0.287 e. The second-order valence-corrected chi connectivity index (χ2v) is 8.03. The molecule has 1 aromatic heterocycles. The minimum Gasteiger partial charge on any atom is -0.292 e. The van der Waals surface area contributed by atoms with Crippen LogP contribution in [-0.4, -0.2) is 41.4 Å². The Morgan fingerprint density at radius 1 is 1.15 bits per heavy atom. The van der Waals surface area contributed by atoms with Gasteiger partial charge in [0.2, 0.25) is 10.0 Å². The Morgan fingerprint density at radius 2 is 1.73 bits per heavy atom. The minimum absolute atomic E-state index is 0.00586. The Kier molecular flexibility index (Phi) is 6.57. The number of carbonyl (C=O) groups excluding carboxylic acids is 1. The highest BCUT2D eigenvalue weighted by molar-refractivity contribution is 7.89. The number of halogens is 2. The molecule has 0 amide bonds. The molecule has 0 atom stereocenters. The van der Waals surface area contributed by atoms with E-state index in [1.165, 1.54) is 34.8 Å². The fraction of sp³-hybridized carbons (Fsp3) is 0.312. The molecule has 0 spiro atoms. The zero-order valence-corrected chi connectivity index (χ0v) is 16.5. The van der Waals surface area contributed by atoms with Crippen molar-refractivity contribution >= 4 is 39.0 Å². The molecule has 7 nitrogen and oxygen atoms in total. The summed E-state index contributed by atoms with van der Waals surface area (Å²) >= 11 is 11.4. The van der Waals surface area contributed by atoms with Crippen molar-refractivity contribution in [2.24, 2.45) is 0 Å². The average molecular weight is 418 g/mol.